The van der Waals surface area contributed by atoms with Crippen molar-refractivity contribution >= 4 is 29.8 Å². The van der Waals surface area contributed by atoms with Crippen molar-refractivity contribution in [2.45, 2.75) is 123 Å². The van der Waals surface area contributed by atoms with E-state index in [0.717, 1.165) is 40.5 Å². The largest absolute Gasteiger partial charge is 0.457 e. The Morgan fingerprint density at radius 2 is 1.44 bits per heavy atom. The second kappa shape index (κ2) is 12.5. The molecule has 4 unspecified atom stereocenters. The van der Waals surface area contributed by atoms with E-state index in [0.29, 0.717) is 24.3 Å². The molecule has 1 saturated carbocycles. The van der Waals surface area contributed by atoms with Crippen LogP contribution in [0.2, 0.25) is 0 Å². The molecule has 0 aromatic carbocycles. The maximum Gasteiger partial charge on any atom is 0.373 e. The summed E-state index contributed by atoms with van der Waals surface area (Å²) in [5.41, 5.74) is -0.327. The van der Waals surface area contributed by atoms with Gasteiger partial charge in [-0.05, 0) is 44.6 Å². The monoisotopic (exact) mass is 640 g/mol. The van der Waals surface area contributed by atoms with Crippen LogP contribution in [0, 0.1) is 17.8 Å². The van der Waals surface area contributed by atoms with E-state index >= 15 is 0 Å². The molecule has 0 amide bonds. The molecular formula is C30H40O15. The van der Waals surface area contributed by atoms with Gasteiger partial charge in [-0.1, -0.05) is 6.92 Å². The van der Waals surface area contributed by atoms with Gasteiger partial charge in [0.2, 0.25) is 30.2 Å². The minimum absolute atomic E-state index is 0.0608. The van der Waals surface area contributed by atoms with Gasteiger partial charge in [0.05, 0.1) is 0 Å². The number of carbonyl (C=O) groups is 5. The highest BCUT2D eigenvalue weighted by Crippen LogP contribution is 2.60. The fourth-order valence-corrected chi connectivity index (χ4v) is 7.29. The Kier molecular flexibility index (Phi) is 9.19. The van der Waals surface area contributed by atoms with Crippen molar-refractivity contribution in [3.63, 3.8) is 0 Å². The smallest absolute Gasteiger partial charge is 0.373 e. The van der Waals surface area contributed by atoms with Crippen LogP contribution in [0.5, 0.6) is 0 Å². The highest BCUT2D eigenvalue weighted by Gasteiger charge is 2.68. The van der Waals surface area contributed by atoms with Gasteiger partial charge in [-0.3, -0.25) is 19.2 Å². The summed E-state index contributed by atoms with van der Waals surface area (Å²) in [4.78, 5) is 73.5. The van der Waals surface area contributed by atoms with E-state index in [-0.39, 0.29) is 17.6 Å². The Bertz CT molecular complexity index is 1260. The first kappa shape index (κ1) is 33.1. The van der Waals surface area contributed by atoms with Gasteiger partial charge < -0.3 is 37.9 Å². The maximum atomic E-state index is 13.6. The summed E-state index contributed by atoms with van der Waals surface area (Å²) < 4.78 is 45.3. The van der Waals surface area contributed by atoms with Gasteiger partial charge >= 0.3 is 29.8 Å². The van der Waals surface area contributed by atoms with Crippen LogP contribution in [-0.2, 0) is 71.6 Å². The number of ether oxygens (including phenoxy) is 8. The summed E-state index contributed by atoms with van der Waals surface area (Å²) in [5, 5.41) is 0. The molecule has 0 aromatic heterocycles. The number of carbonyl (C=O) groups excluding carboxylic acids is 5. The lowest BCUT2D eigenvalue weighted by molar-refractivity contribution is -0.556. The minimum atomic E-state index is -1.59. The lowest BCUT2D eigenvalue weighted by atomic mass is 9.59. The lowest BCUT2D eigenvalue weighted by Crippen LogP contribution is -2.67. The van der Waals surface area contributed by atoms with Crippen molar-refractivity contribution in [2.24, 2.45) is 17.8 Å². The number of rotatable bonds is 7. The molecule has 1 aliphatic carbocycles. The van der Waals surface area contributed by atoms with Gasteiger partial charge in [0, 0.05) is 46.0 Å². The molecule has 0 radical (unpaired) electrons. The van der Waals surface area contributed by atoms with E-state index < -0.39 is 84.8 Å². The highest BCUT2D eigenvalue weighted by molar-refractivity contribution is 5.87. The minimum Gasteiger partial charge on any atom is -0.457 e. The molecule has 15 heteroatoms. The van der Waals surface area contributed by atoms with Gasteiger partial charge in [0.15, 0.2) is 17.8 Å². The van der Waals surface area contributed by atoms with Crippen molar-refractivity contribution in [3.05, 3.63) is 11.3 Å². The number of hydrogen-bond acceptors (Lipinski definition) is 15. The first-order chi connectivity index (χ1) is 21.1. The average molecular weight is 641 g/mol. The molecule has 250 valence electrons. The predicted molar refractivity (Wildman–Crippen MR) is 145 cm³/mol. The van der Waals surface area contributed by atoms with Crippen molar-refractivity contribution in [2.75, 3.05) is 6.61 Å². The topological polar surface area (TPSA) is 178 Å². The van der Waals surface area contributed by atoms with Crippen LogP contribution in [0.25, 0.3) is 0 Å². The van der Waals surface area contributed by atoms with Crippen molar-refractivity contribution in [1.29, 1.82) is 0 Å². The van der Waals surface area contributed by atoms with Crippen LogP contribution in [-0.4, -0.2) is 84.8 Å². The molecule has 15 nitrogen and oxygen atoms in total. The van der Waals surface area contributed by atoms with Crippen LogP contribution in [0.15, 0.2) is 11.3 Å². The van der Waals surface area contributed by atoms with Crippen LogP contribution >= 0.6 is 0 Å². The second-order valence-electron chi connectivity index (χ2n) is 12.5. The SMILES string of the molecule is CC(=O)OC1[C@H](OC(C)=O)OC(COC(=O)C2=C(C)[C@@H]3CC[C@@H](C)[C@@H]4CCC5(C)OO[C@@]34C(O2)O5)[C@@H](OC(C)=O)[C@@H]1OC(C)=O. The van der Waals surface area contributed by atoms with Crippen molar-refractivity contribution in [3.8, 4) is 0 Å². The predicted octanol–water partition coefficient (Wildman–Crippen LogP) is 2.13. The molecular weight excluding hydrogens is 600 g/mol. The maximum absolute atomic E-state index is 13.6. The molecule has 45 heavy (non-hydrogen) atoms. The van der Waals surface area contributed by atoms with E-state index in [1.165, 1.54) is 0 Å². The molecule has 6 rings (SSSR count). The fourth-order valence-electron chi connectivity index (χ4n) is 7.29. The van der Waals surface area contributed by atoms with E-state index in [9.17, 15) is 24.0 Å². The third-order valence-corrected chi connectivity index (χ3v) is 9.17. The molecule has 2 bridgehead atoms. The molecule has 5 heterocycles. The van der Waals surface area contributed by atoms with Gasteiger partial charge in [0.1, 0.15) is 12.7 Å². The zero-order valence-corrected chi connectivity index (χ0v) is 26.4. The van der Waals surface area contributed by atoms with Gasteiger partial charge in [-0.15, -0.1) is 0 Å². The fraction of sp³-hybridized carbons (Fsp3) is 0.767. The van der Waals surface area contributed by atoms with Gasteiger partial charge in [-0.25, -0.2) is 14.6 Å². The molecule has 0 aromatic rings. The summed E-state index contributed by atoms with van der Waals surface area (Å²) in [7, 11) is 0. The van der Waals surface area contributed by atoms with E-state index in [1.54, 1.807) is 13.8 Å². The van der Waals surface area contributed by atoms with E-state index in [4.69, 9.17) is 47.7 Å². The first-order valence-corrected chi connectivity index (χ1v) is 15.1. The van der Waals surface area contributed by atoms with Crippen LogP contribution in [0.3, 0.4) is 0 Å². The Labute approximate surface area is 259 Å². The molecule has 1 spiro atoms. The third-order valence-electron chi connectivity index (χ3n) is 9.17. The first-order valence-electron chi connectivity index (χ1n) is 15.1. The highest BCUT2D eigenvalue weighted by atomic mass is 17.3. The number of hydrogen-bond donors (Lipinski definition) is 0. The van der Waals surface area contributed by atoms with Crippen LogP contribution < -0.4 is 0 Å². The molecule has 5 fully saturated rings. The number of esters is 5. The quantitative estimate of drug-likeness (QED) is 0.224. The van der Waals surface area contributed by atoms with Crippen LogP contribution in [0.1, 0.15) is 74.1 Å². The summed E-state index contributed by atoms with van der Waals surface area (Å²) in [6.07, 6.45) is -5.24. The lowest BCUT2D eigenvalue weighted by Gasteiger charge is -2.57. The summed E-state index contributed by atoms with van der Waals surface area (Å²) in [5.74, 6) is -5.05. The average Bonchev–Trinajstić information content (AvgIpc) is 3.17. The van der Waals surface area contributed by atoms with Gasteiger partial charge in [-0.2, -0.15) is 0 Å². The normalized spacial score (nSPS) is 40.2. The molecule has 11 atom stereocenters. The molecule has 6 aliphatic rings. The van der Waals surface area contributed by atoms with Crippen molar-refractivity contribution in [1.82, 2.24) is 0 Å². The second-order valence-corrected chi connectivity index (χ2v) is 12.5. The Balaban J connectivity index is 1.41. The standard InChI is InChI=1S/C30H40O15/c1-13-8-9-20-14(2)22(42-28-30(20)19(13)10-11-29(7,43-28)44-45-30)26(35)36-12-21-23(37-15(3)31)24(38-16(4)32)25(39-17(5)33)27(41-21)40-18(6)34/h13,19-21,23-25,27-28H,8-12H2,1-7H3/t13-,19+,20+,21?,23-,24+,25?,27-,28?,29?,30-/m1/s1. The van der Waals surface area contributed by atoms with E-state index in [2.05, 4.69) is 6.92 Å². The summed E-state index contributed by atoms with van der Waals surface area (Å²) in [6, 6.07) is 0. The Morgan fingerprint density at radius 1 is 0.822 bits per heavy atom. The zero-order chi connectivity index (χ0) is 32.8. The third kappa shape index (κ3) is 6.27. The molecule has 0 N–H and O–H groups in total. The Hall–Kier alpha value is -3.27. The van der Waals surface area contributed by atoms with Crippen molar-refractivity contribution < 1.29 is 71.6 Å². The summed E-state index contributed by atoms with van der Waals surface area (Å²) >= 11 is 0. The van der Waals surface area contributed by atoms with Gasteiger partial charge in [0.25, 0.3) is 0 Å². The van der Waals surface area contributed by atoms with Crippen LogP contribution in [0.4, 0.5) is 0 Å². The molecule has 5 aliphatic heterocycles. The Morgan fingerprint density at radius 3 is 2.09 bits per heavy atom. The number of fused-ring (bicyclic) bond motifs is 2. The van der Waals surface area contributed by atoms with E-state index in [1.807, 2.05) is 0 Å². The molecule has 4 saturated heterocycles. The summed E-state index contributed by atoms with van der Waals surface area (Å²) in [6.45, 7) is 9.54. The zero-order valence-electron chi connectivity index (χ0n) is 26.4.